The maximum Gasteiger partial charge on any atom is 0.377 e. The highest BCUT2D eigenvalue weighted by Gasteiger charge is 2.30. The number of oxazole rings is 1. The number of ether oxygens (including phenoxy) is 1. The van der Waals surface area contributed by atoms with Crippen LogP contribution in [-0.4, -0.2) is 51.9 Å². The molecule has 1 fully saturated rings. The minimum absolute atomic E-state index is 0.0791. The summed E-state index contributed by atoms with van der Waals surface area (Å²) in [6, 6.07) is 0.350. The van der Waals surface area contributed by atoms with Crippen LogP contribution in [0, 0.1) is 0 Å². The SMILES string of the molecule is CC1(C)CC(NC2=CC=CC(c3nc(OCC(=O)O)c(C(=O)O)o3)C2)CCN1. The first-order valence-electron chi connectivity index (χ1n) is 9.21. The smallest absolute Gasteiger partial charge is 0.377 e. The molecule has 0 saturated carbocycles. The van der Waals surface area contributed by atoms with Gasteiger partial charge < -0.3 is 30.0 Å². The minimum Gasteiger partial charge on any atom is -0.479 e. The molecule has 0 radical (unpaired) electrons. The monoisotopic (exact) mass is 391 g/mol. The summed E-state index contributed by atoms with van der Waals surface area (Å²) in [4.78, 5) is 26.1. The molecule has 3 rings (SSSR count). The quantitative estimate of drug-likeness (QED) is 0.549. The number of aromatic nitrogens is 1. The van der Waals surface area contributed by atoms with E-state index in [0.29, 0.717) is 12.5 Å². The molecule has 2 unspecified atom stereocenters. The predicted octanol–water partition coefficient (Wildman–Crippen LogP) is 1.88. The van der Waals surface area contributed by atoms with Gasteiger partial charge in [0.15, 0.2) is 6.61 Å². The van der Waals surface area contributed by atoms with Gasteiger partial charge in [-0.1, -0.05) is 12.2 Å². The Morgan fingerprint density at radius 2 is 2.21 bits per heavy atom. The fourth-order valence-electron chi connectivity index (χ4n) is 3.56. The van der Waals surface area contributed by atoms with Crippen molar-refractivity contribution in [1.82, 2.24) is 15.6 Å². The molecule has 9 heteroatoms. The topological polar surface area (TPSA) is 134 Å². The summed E-state index contributed by atoms with van der Waals surface area (Å²) in [6.07, 6.45) is 8.34. The molecule has 2 atom stereocenters. The number of aromatic carboxylic acids is 1. The molecule has 0 bridgehead atoms. The van der Waals surface area contributed by atoms with Crippen molar-refractivity contribution in [3.8, 4) is 5.88 Å². The Hall–Kier alpha value is -2.81. The number of hydrogen-bond acceptors (Lipinski definition) is 7. The highest BCUT2D eigenvalue weighted by atomic mass is 16.5. The zero-order chi connectivity index (χ0) is 20.3. The van der Waals surface area contributed by atoms with Crippen LogP contribution in [0.2, 0.25) is 0 Å². The Morgan fingerprint density at radius 3 is 2.89 bits per heavy atom. The van der Waals surface area contributed by atoms with E-state index in [-0.39, 0.29) is 23.2 Å². The standard InChI is InChI=1S/C19H25N3O6/c1-19(2)9-13(6-7-20-19)21-12-5-3-4-11(8-12)16-22-17(27-10-14(23)24)15(28-16)18(25)26/h3-5,11,13,20-21H,6-10H2,1-2H3,(H,23,24)(H,25,26). The number of carboxylic acids is 2. The number of carbonyl (C=O) groups is 2. The summed E-state index contributed by atoms with van der Waals surface area (Å²) in [7, 11) is 0. The van der Waals surface area contributed by atoms with Gasteiger partial charge in [0.05, 0.1) is 5.92 Å². The minimum atomic E-state index is -1.36. The van der Waals surface area contributed by atoms with Gasteiger partial charge in [0.1, 0.15) is 0 Å². The van der Waals surface area contributed by atoms with Crippen LogP contribution in [0.4, 0.5) is 0 Å². The van der Waals surface area contributed by atoms with Gasteiger partial charge in [0.25, 0.3) is 11.6 Å². The number of piperidine rings is 1. The second kappa shape index (κ2) is 8.05. The molecule has 1 aromatic heterocycles. The summed E-state index contributed by atoms with van der Waals surface area (Å²) in [6.45, 7) is 4.61. The van der Waals surface area contributed by atoms with Crippen molar-refractivity contribution in [1.29, 1.82) is 0 Å². The van der Waals surface area contributed by atoms with Crippen LogP contribution in [0.5, 0.6) is 5.88 Å². The number of carboxylic acid groups (broad SMARTS) is 2. The zero-order valence-corrected chi connectivity index (χ0v) is 15.9. The molecule has 1 aliphatic heterocycles. The van der Waals surface area contributed by atoms with Gasteiger partial charge in [-0.15, -0.1) is 0 Å². The summed E-state index contributed by atoms with van der Waals surface area (Å²) in [5, 5.41) is 25.0. The highest BCUT2D eigenvalue weighted by Crippen LogP contribution is 2.32. The molecule has 2 aliphatic rings. The number of rotatable bonds is 7. The van der Waals surface area contributed by atoms with E-state index < -0.39 is 24.3 Å². The van der Waals surface area contributed by atoms with Crippen molar-refractivity contribution in [3.63, 3.8) is 0 Å². The Kier molecular flexibility index (Phi) is 5.73. The lowest BCUT2D eigenvalue weighted by Gasteiger charge is -2.38. The molecule has 0 amide bonds. The van der Waals surface area contributed by atoms with Crippen LogP contribution in [0.25, 0.3) is 0 Å². The second-order valence-electron chi connectivity index (χ2n) is 7.71. The maximum absolute atomic E-state index is 11.3. The number of nitrogens with one attached hydrogen (secondary N) is 2. The molecule has 152 valence electrons. The van der Waals surface area contributed by atoms with Crippen molar-refractivity contribution in [2.45, 2.75) is 50.6 Å². The fourth-order valence-corrected chi connectivity index (χ4v) is 3.56. The van der Waals surface area contributed by atoms with E-state index in [1.807, 2.05) is 18.2 Å². The van der Waals surface area contributed by atoms with Gasteiger partial charge >= 0.3 is 11.9 Å². The summed E-state index contributed by atoms with van der Waals surface area (Å²) >= 11 is 0. The molecular formula is C19H25N3O6. The Balaban J connectivity index is 1.69. The maximum atomic E-state index is 11.3. The lowest BCUT2D eigenvalue weighted by Crippen LogP contribution is -2.51. The van der Waals surface area contributed by atoms with E-state index in [1.165, 1.54) is 0 Å². The first kappa shape index (κ1) is 19.9. The normalized spacial score (nSPS) is 23.7. The first-order valence-corrected chi connectivity index (χ1v) is 9.21. The van der Waals surface area contributed by atoms with Gasteiger partial charge in [-0.3, -0.25) is 0 Å². The molecule has 0 spiro atoms. The van der Waals surface area contributed by atoms with E-state index >= 15 is 0 Å². The summed E-state index contributed by atoms with van der Waals surface area (Å²) < 4.78 is 10.3. The number of allylic oxidation sites excluding steroid dienone is 4. The summed E-state index contributed by atoms with van der Waals surface area (Å²) in [5.74, 6) is -3.46. The summed E-state index contributed by atoms with van der Waals surface area (Å²) in [5.41, 5.74) is 1.11. The van der Waals surface area contributed by atoms with E-state index in [2.05, 4.69) is 29.5 Å². The Bertz CT molecular complexity index is 811. The second-order valence-corrected chi connectivity index (χ2v) is 7.71. The third-order valence-corrected chi connectivity index (χ3v) is 4.78. The first-order chi connectivity index (χ1) is 13.2. The molecule has 1 aliphatic carbocycles. The van der Waals surface area contributed by atoms with Crippen molar-refractivity contribution in [2.75, 3.05) is 13.2 Å². The molecule has 4 N–H and O–H groups in total. The number of nitrogens with zero attached hydrogens (tertiary/aromatic N) is 1. The van der Waals surface area contributed by atoms with Gasteiger partial charge in [0, 0.05) is 23.7 Å². The van der Waals surface area contributed by atoms with E-state index in [1.54, 1.807) is 0 Å². The molecule has 0 aromatic carbocycles. The van der Waals surface area contributed by atoms with Crippen molar-refractivity contribution < 1.29 is 29.0 Å². The highest BCUT2D eigenvalue weighted by molar-refractivity contribution is 5.87. The third kappa shape index (κ3) is 4.92. The van der Waals surface area contributed by atoms with Crippen LogP contribution < -0.4 is 15.4 Å². The molecule has 28 heavy (non-hydrogen) atoms. The predicted molar refractivity (Wildman–Crippen MR) is 99.4 cm³/mol. The van der Waals surface area contributed by atoms with E-state index in [0.717, 1.165) is 25.1 Å². The lowest BCUT2D eigenvalue weighted by molar-refractivity contribution is -0.139. The third-order valence-electron chi connectivity index (χ3n) is 4.78. The van der Waals surface area contributed by atoms with Gasteiger partial charge in [-0.2, -0.15) is 4.98 Å². The van der Waals surface area contributed by atoms with E-state index in [9.17, 15) is 14.7 Å². The van der Waals surface area contributed by atoms with Crippen LogP contribution in [0.3, 0.4) is 0 Å². The molecular weight excluding hydrogens is 366 g/mol. The van der Waals surface area contributed by atoms with Crippen LogP contribution >= 0.6 is 0 Å². The molecule has 2 heterocycles. The lowest BCUT2D eigenvalue weighted by atomic mass is 9.88. The van der Waals surface area contributed by atoms with Gasteiger partial charge in [0.2, 0.25) is 5.89 Å². The molecule has 9 nitrogen and oxygen atoms in total. The van der Waals surface area contributed by atoms with E-state index in [4.69, 9.17) is 14.3 Å². The Morgan fingerprint density at radius 1 is 1.43 bits per heavy atom. The average Bonchev–Trinajstić information content (AvgIpc) is 3.04. The zero-order valence-electron chi connectivity index (χ0n) is 15.9. The van der Waals surface area contributed by atoms with Gasteiger partial charge in [-0.05, 0) is 39.3 Å². The van der Waals surface area contributed by atoms with Crippen molar-refractivity contribution in [3.05, 3.63) is 35.6 Å². The number of hydrogen-bond donors (Lipinski definition) is 4. The molecule has 1 aromatic rings. The van der Waals surface area contributed by atoms with Gasteiger partial charge in [-0.25, -0.2) is 9.59 Å². The average molecular weight is 391 g/mol. The van der Waals surface area contributed by atoms with Crippen LogP contribution in [0.15, 0.2) is 28.3 Å². The molecule has 1 saturated heterocycles. The van der Waals surface area contributed by atoms with Crippen molar-refractivity contribution in [2.24, 2.45) is 0 Å². The van der Waals surface area contributed by atoms with Crippen LogP contribution in [0.1, 0.15) is 55.5 Å². The van der Waals surface area contributed by atoms with Crippen molar-refractivity contribution >= 4 is 11.9 Å². The fraction of sp³-hybridized carbons (Fsp3) is 0.526. The number of aliphatic carboxylic acids is 1. The largest absolute Gasteiger partial charge is 0.479 e. The Labute approximate surface area is 162 Å². The van der Waals surface area contributed by atoms with Crippen LogP contribution in [-0.2, 0) is 4.79 Å².